The number of carbonyl (C=O) groups excluding carboxylic acids is 2. The van der Waals surface area contributed by atoms with E-state index in [2.05, 4.69) is 5.32 Å². The van der Waals surface area contributed by atoms with Crippen molar-refractivity contribution in [3.63, 3.8) is 0 Å². The second kappa shape index (κ2) is 6.02. The van der Waals surface area contributed by atoms with E-state index in [0.717, 1.165) is 23.1 Å². The Bertz CT molecular complexity index is 710. The second-order valence-electron chi connectivity index (χ2n) is 5.52. The molecule has 1 N–H and O–H groups in total. The summed E-state index contributed by atoms with van der Waals surface area (Å²) in [5, 5.41) is 2.82. The topological polar surface area (TPSA) is 49.4 Å². The maximum Gasteiger partial charge on any atom is 0.324 e. The SMILES string of the molecule is Cc1ccc2c(c1)C(=O)N(C(=O)NCCc1ccccc1)C2. The number of aryl methyl sites for hydroxylation is 1. The number of rotatable bonds is 3. The van der Waals surface area contributed by atoms with Crippen molar-refractivity contribution in [1.29, 1.82) is 0 Å². The summed E-state index contributed by atoms with van der Waals surface area (Å²) >= 11 is 0. The zero-order valence-electron chi connectivity index (χ0n) is 12.5. The highest BCUT2D eigenvalue weighted by atomic mass is 16.2. The van der Waals surface area contributed by atoms with Crippen LogP contribution in [0, 0.1) is 6.92 Å². The number of benzene rings is 2. The van der Waals surface area contributed by atoms with Gasteiger partial charge in [0.05, 0.1) is 6.54 Å². The van der Waals surface area contributed by atoms with Crippen LogP contribution in [0.5, 0.6) is 0 Å². The lowest BCUT2D eigenvalue weighted by Gasteiger charge is -2.14. The average Bonchev–Trinajstić information content (AvgIpc) is 2.85. The first-order valence-corrected chi connectivity index (χ1v) is 7.38. The fourth-order valence-electron chi connectivity index (χ4n) is 2.63. The van der Waals surface area contributed by atoms with Crippen molar-refractivity contribution >= 4 is 11.9 Å². The van der Waals surface area contributed by atoms with Gasteiger partial charge >= 0.3 is 6.03 Å². The van der Waals surface area contributed by atoms with E-state index in [9.17, 15) is 9.59 Å². The van der Waals surface area contributed by atoms with Gasteiger partial charge < -0.3 is 5.32 Å². The Hall–Kier alpha value is -2.62. The Kier molecular flexibility index (Phi) is 3.92. The first-order valence-electron chi connectivity index (χ1n) is 7.38. The number of amides is 3. The van der Waals surface area contributed by atoms with E-state index in [1.807, 2.05) is 55.5 Å². The smallest absolute Gasteiger partial charge is 0.324 e. The first-order chi connectivity index (χ1) is 10.6. The summed E-state index contributed by atoms with van der Waals surface area (Å²) in [6, 6.07) is 15.3. The Morgan fingerprint density at radius 3 is 2.73 bits per heavy atom. The van der Waals surface area contributed by atoms with Crippen LogP contribution in [0.3, 0.4) is 0 Å². The van der Waals surface area contributed by atoms with Crippen molar-refractivity contribution in [1.82, 2.24) is 10.2 Å². The molecule has 0 saturated carbocycles. The van der Waals surface area contributed by atoms with Crippen LogP contribution in [0.15, 0.2) is 48.5 Å². The molecule has 3 amide bonds. The molecule has 2 aromatic rings. The van der Waals surface area contributed by atoms with Gasteiger partial charge in [0.15, 0.2) is 0 Å². The van der Waals surface area contributed by atoms with Crippen LogP contribution in [0.25, 0.3) is 0 Å². The molecule has 0 bridgehead atoms. The predicted molar refractivity (Wildman–Crippen MR) is 84.6 cm³/mol. The van der Waals surface area contributed by atoms with E-state index < -0.39 is 0 Å². The van der Waals surface area contributed by atoms with Crippen LogP contribution < -0.4 is 5.32 Å². The molecule has 0 saturated heterocycles. The summed E-state index contributed by atoms with van der Waals surface area (Å²) < 4.78 is 0. The number of hydrogen-bond donors (Lipinski definition) is 1. The number of hydrogen-bond acceptors (Lipinski definition) is 2. The maximum absolute atomic E-state index is 12.3. The molecule has 0 fully saturated rings. The van der Waals surface area contributed by atoms with Crippen molar-refractivity contribution in [3.05, 3.63) is 70.8 Å². The zero-order chi connectivity index (χ0) is 15.5. The minimum Gasteiger partial charge on any atom is -0.337 e. The van der Waals surface area contributed by atoms with Gasteiger partial charge in [-0.15, -0.1) is 0 Å². The van der Waals surface area contributed by atoms with Gasteiger partial charge in [0, 0.05) is 12.1 Å². The standard InChI is InChI=1S/C18H18N2O2/c1-13-7-8-15-12-20(17(21)16(15)11-13)18(22)19-10-9-14-5-3-2-4-6-14/h2-8,11H,9-10,12H2,1H3,(H,19,22). The number of imide groups is 1. The normalized spacial score (nSPS) is 13.1. The van der Waals surface area contributed by atoms with Crippen molar-refractivity contribution < 1.29 is 9.59 Å². The van der Waals surface area contributed by atoms with Crippen LogP contribution >= 0.6 is 0 Å². The van der Waals surface area contributed by atoms with Crippen molar-refractivity contribution in [2.24, 2.45) is 0 Å². The number of carbonyl (C=O) groups is 2. The fraction of sp³-hybridized carbons (Fsp3) is 0.222. The average molecular weight is 294 g/mol. The lowest BCUT2D eigenvalue weighted by molar-refractivity contribution is 0.0821. The zero-order valence-corrected chi connectivity index (χ0v) is 12.5. The lowest BCUT2D eigenvalue weighted by atomic mass is 10.1. The molecular weight excluding hydrogens is 276 g/mol. The Labute approximate surface area is 129 Å². The summed E-state index contributed by atoms with van der Waals surface area (Å²) in [4.78, 5) is 25.8. The van der Waals surface area contributed by atoms with E-state index in [-0.39, 0.29) is 11.9 Å². The molecule has 0 aromatic heterocycles. The summed E-state index contributed by atoms with van der Waals surface area (Å²) in [5.41, 5.74) is 3.74. The van der Waals surface area contributed by atoms with E-state index >= 15 is 0 Å². The molecule has 1 heterocycles. The molecule has 22 heavy (non-hydrogen) atoms. The van der Waals surface area contributed by atoms with Gasteiger partial charge in [-0.25, -0.2) is 4.79 Å². The quantitative estimate of drug-likeness (QED) is 0.946. The predicted octanol–water partition coefficient (Wildman–Crippen LogP) is 2.90. The molecule has 3 rings (SSSR count). The van der Waals surface area contributed by atoms with Gasteiger partial charge in [0.1, 0.15) is 0 Å². The van der Waals surface area contributed by atoms with Gasteiger partial charge in [-0.3, -0.25) is 9.69 Å². The van der Waals surface area contributed by atoms with Gasteiger partial charge in [0.25, 0.3) is 5.91 Å². The largest absolute Gasteiger partial charge is 0.337 e. The third-order valence-electron chi connectivity index (χ3n) is 3.85. The summed E-state index contributed by atoms with van der Waals surface area (Å²) in [5.74, 6) is -0.212. The summed E-state index contributed by atoms with van der Waals surface area (Å²) in [6.45, 7) is 2.81. The van der Waals surface area contributed by atoms with Crippen molar-refractivity contribution in [2.45, 2.75) is 19.9 Å². The molecular formula is C18H18N2O2. The number of nitrogens with zero attached hydrogens (tertiary/aromatic N) is 1. The number of nitrogens with one attached hydrogen (secondary N) is 1. The molecule has 0 aliphatic carbocycles. The van der Waals surface area contributed by atoms with Crippen molar-refractivity contribution in [2.75, 3.05) is 6.54 Å². The minimum absolute atomic E-state index is 0.212. The highest BCUT2D eigenvalue weighted by Crippen LogP contribution is 2.23. The third kappa shape index (κ3) is 2.86. The van der Waals surface area contributed by atoms with E-state index in [1.165, 1.54) is 4.90 Å². The third-order valence-corrected chi connectivity index (χ3v) is 3.85. The maximum atomic E-state index is 12.3. The minimum atomic E-state index is -0.324. The van der Waals surface area contributed by atoms with Crippen molar-refractivity contribution in [3.8, 4) is 0 Å². The molecule has 112 valence electrons. The van der Waals surface area contributed by atoms with Gasteiger partial charge in [-0.05, 0) is 30.5 Å². The van der Waals surface area contributed by atoms with E-state index in [1.54, 1.807) is 0 Å². The Balaban J connectivity index is 1.59. The molecule has 0 unspecified atom stereocenters. The molecule has 0 radical (unpaired) electrons. The van der Waals surface area contributed by atoms with Gasteiger partial charge in [0.2, 0.25) is 0 Å². The molecule has 1 aliphatic heterocycles. The molecule has 1 aliphatic rings. The Morgan fingerprint density at radius 2 is 1.95 bits per heavy atom. The number of urea groups is 1. The molecule has 0 atom stereocenters. The highest BCUT2D eigenvalue weighted by molar-refractivity contribution is 6.07. The van der Waals surface area contributed by atoms with Gasteiger partial charge in [-0.2, -0.15) is 0 Å². The highest BCUT2D eigenvalue weighted by Gasteiger charge is 2.31. The fourth-order valence-corrected chi connectivity index (χ4v) is 2.63. The Morgan fingerprint density at radius 1 is 1.18 bits per heavy atom. The molecule has 0 spiro atoms. The monoisotopic (exact) mass is 294 g/mol. The van der Waals surface area contributed by atoms with Crippen LogP contribution in [0.1, 0.15) is 27.0 Å². The lowest BCUT2D eigenvalue weighted by Crippen LogP contribution is -2.40. The molecule has 4 heteroatoms. The summed E-state index contributed by atoms with van der Waals surface area (Å²) in [6.07, 6.45) is 0.751. The van der Waals surface area contributed by atoms with E-state index in [4.69, 9.17) is 0 Å². The summed E-state index contributed by atoms with van der Waals surface area (Å²) in [7, 11) is 0. The van der Waals surface area contributed by atoms with Crippen LogP contribution in [0.4, 0.5) is 4.79 Å². The number of fused-ring (bicyclic) bond motifs is 1. The molecule has 2 aromatic carbocycles. The first kappa shape index (κ1) is 14.3. The second-order valence-corrected chi connectivity index (χ2v) is 5.52. The molecule has 4 nitrogen and oxygen atoms in total. The van der Waals surface area contributed by atoms with Gasteiger partial charge in [-0.1, -0.05) is 48.0 Å². The van der Waals surface area contributed by atoms with Crippen LogP contribution in [-0.2, 0) is 13.0 Å². The van der Waals surface area contributed by atoms with E-state index in [0.29, 0.717) is 18.7 Å². The van der Waals surface area contributed by atoms with Crippen LogP contribution in [-0.4, -0.2) is 23.4 Å². The van der Waals surface area contributed by atoms with Crippen LogP contribution in [0.2, 0.25) is 0 Å².